The van der Waals surface area contributed by atoms with Crippen LogP contribution in [0.5, 0.6) is 0 Å². The van der Waals surface area contributed by atoms with Gasteiger partial charge in [-0.25, -0.2) is 4.79 Å². The predicted octanol–water partition coefficient (Wildman–Crippen LogP) is 2.33. The van der Waals surface area contributed by atoms with Gasteiger partial charge in [-0.05, 0) is 34.6 Å². The summed E-state index contributed by atoms with van der Waals surface area (Å²) in [6.07, 6.45) is 3.70. The van der Waals surface area contributed by atoms with Crippen molar-refractivity contribution in [2.45, 2.75) is 52.3 Å². The van der Waals surface area contributed by atoms with Crippen LogP contribution in [-0.4, -0.2) is 45.5 Å². The first-order chi connectivity index (χ1) is 10.2. The van der Waals surface area contributed by atoms with Gasteiger partial charge in [0.1, 0.15) is 5.60 Å². The molecule has 0 bridgehead atoms. The highest BCUT2D eigenvalue weighted by atomic mass is 16.6. The first-order valence-corrected chi connectivity index (χ1v) is 7.88. The average Bonchev–Trinajstić information content (AvgIpc) is 2.71. The molecule has 1 amide bonds. The summed E-state index contributed by atoms with van der Waals surface area (Å²) in [6, 6.07) is 0.591. The van der Waals surface area contributed by atoms with Crippen LogP contribution in [0.1, 0.15) is 46.2 Å². The highest BCUT2D eigenvalue weighted by molar-refractivity contribution is 5.69. The Balaban J connectivity index is 1.77. The lowest BCUT2D eigenvalue weighted by Gasteiger charge is -2.43. The zero-order chi connectivity index (χ0) is 16.5. The van der Waals surface area contributed by atoms with Gasteiger partial charge >= 0.3 is 6.09 Å². The summed E-state index contributed by atoms with van der Waals surface area (Å²) in [4.78, 5) is 13.7. The van der Waals surface area contributed by atoms with Crippen molar-refractivity contribution in [1.29, 1.82) is 0 Å². The van der Waals surface area contributed by atoms with Crippen LogP contribution in [0.3, 0.4) is 0 Å². The Morgan fingerprint density at radius 2 is 2.05 bits per heavy atom. The quantitative estimate of drug-likeness (QED) is 0.927. The fraction of sp³-hybridized carbons (Fsp3) is 0.750. The molecule has 0 aromatic carbocycles. The Hall–Kier alpha value is -1.56. The number of amides is 1. The molecule has 1 aliphatic rings. The third-order valence-corrected chi connectivity index (χ3v) is 4.01. The first kappa shape index (κ1) is 16.8. The number of nitrogens with zero attached hydrogens (tertiary/aromatic N) is 3. The van der Waals surface area contributed by atoms with E-state index in [1.54, 1.807) is 4.90 Å². The molecule has 2 rings (SSSR count). The lowest BCUT2D eigenvalue weighted by atomic mass is 9.92. The number of ether oxygens (including phenoxy) is 1. The molecule has 0 aliphatic carbocycles. The molecule has 1 aliphatic heterocycles. The number of aryl methyl sites for hydroxylation is 1. The molecule has 2 atom stereocenters. The van der Waals surface area contributed by atoms with Crippen molar-refractivity contribution >= 4 is 6.09 Å². The number of carbonyl (C=O) groups is 1. The molecule has 6 heteroatoms. The van der Waals surface area contributed by atoms with Gasteiger partial charge in [0.15, 0.2) is 0 Å². The van der Waals surface area contributed by atoms with Gasteiger partial charge in [-0.1, -0.05) is 0 Å². The second-order valence-electron chi connectivity index (χ2n) is 7.27. The van der Waals surface area contributed by atoms with Crippen LogP contribution in [0.2, 0.25) is 0 Å². The van der Waals surface area contributed by atoms with Crippen LogP contribution in [-0.2, 0) is 11.8 Å². The zero-order valence-corrected chi connectivity index (χ0v) is 14.5. The Kier molecular flexibility index (Phi) is 4.80. The molecule has 0 spiro atoms. The van der Waals surface area contributed by atoms with Crippen molar-refractivity contribution in [2.75, 3.05) is 13.1 Å². The van der Waals surface area contributed by atoms with Crippen LogP contribution in [0.25, 0.3) is 0 Å². The number of aromatic nitrogens is 2. The number of carbonyl (C=O) groups excluding carboxylic acids is 1. The molecule has 0 unspecified atom stereocenters. The van der Waals surface area contributed by atoms with Crippen molar-refractivity contribution < 1.29 is 9.53 Å². The van der Waals surface area contributed by atoms with Gasteiger partial charge in [-0.15, -0.1) is 0 Å². The van der Waals surface area contributed by atoms with Crippen molar-refractivity contribution in [3.8, 4) is 0 Å². The number of nitrogens with one attached hydrogen (secondary N) is 1. The lowest BCUT2D eigenvalue weighted by Crippen LogP contribution is -2.57. The SMILES string of the molecule is C[C@H](N[C@H](C)C1CN(C(=O)OC(C)(C)C)C1)c1cnn(C)c1. The summed E-state index contributed by atoms with van der Waals surface area (Å²) >= 11 is 0. The number of rotatable bonds is 4. The zero-order valence-electron chi connectivity index (χ0n) is 14.5. The minimum atomic E-state index is -0.430. The van der Waals surface area contributed by atoms with E-state index in [9.17, 15) is 4.79 Å². The molecule has 2 heterocycles. The molecular formula is C16H28N4O2. The summed E-state index contributed by atoms with van der Waals surface area (Å²) in [5.74, 6) is 0.464. The predicted molar refractivity (Wildman–Crippen MR) is 85.5 cm³/mol. The van der Waals surface area contributed by atoms with E-state index < -0.39 is 5.60 Å². The Morgan fingerprint density at radius 1 is 1.41 bits per heavy atom. The average molecular weight is 308 g/mol. The molecule has 1 N–H and O–H groups in total. The Morgan fingerprint density at radius 3 is 2.55 bits per heavy atom. The van der Waals surface area contributed by atoms with E-state index in [1.807, 2.05) is 44.9 Å². The summed E-state index contributed by atoms with van der Waals surface area (Å²) in [5, 5.41) is 7.79. The summed E-state index contributed by atoms with van der Waals surface area (Å²) in [5.41, 5.74) is 0.749. The topological polar surface area (TPSA) is 59.4 Å². The van der Waals surface area contributed by atoms with Gasteiger partial charge in [0.05, 0.1) is 6.20 Å². The van der Waals surface area contributed by atoms with Crippen molar-refractivity contribution in [3.63, 3.8) is 0 Å². The molecule has 1 saturated heterocycles. The molecule has 1 fully saturated rings. The summed E-state index contributed by atoms with van der Waals surface area (Å²) < 4.78 is 7.19. The third kappa shape index (κ3) is 4.22. The van der Waals surface area contributed by atoms with E-state index in [-0.39, 0.29) is 12.1 Å². The number of hydrogen-bond acceptors (Lipinski definition) is 4. The smallest absolute Gasteiger partial charge is 0.410 e. The second kappa shape index (κ2) is 6.28. The first-order valence-electron chi connectivity index (χ1n) is 7.88. The fourth-order valence-corrected chi connectivity index (χ4v) is 2.59. The maximum atomic E-state index is 11.9. The van der Waals surface area contributed by atoms with Crippen LogP contribution in [0.4, 0.5) is 4.79 Å². The molecule has 1 aromatic rings. The van der Waals surface area contributed by atoms with Gasteiger partial charge < -0.3 is 15.0 Å². The minimum Gasteiger partial charge on any atom is -0.444 e. The van der Waals surface area contributed by atoms with E-state index in [4.69, 9.17) is 4.74 Å². The van der Waals surface area contributed by atoms with Crippen LogP contribution in [0.15, 0.2) is 12.4 Å². The summed E-state index contributed by atoms with van der Waals surface area (Å²) in [6.45, 7) is 11.5. The molecule has 124 valence electrons. The number of hydrogen-bond donors (Lipinski definition) is 1. The van der Waals surface area contributed by atoms with Crippen molar-refractivity contribution in [3.05, 3.63) is 18.0 Å². The van der Waals surface area contributed by atoms with Gasteiger partial charge in [0, 0.05) is 49.9 Å². The van der Waals surface area contributed by atoms with E-state index in [2.05, 4.69) is 24.3 Å². The highest BCUT2D eigenvalue weighted by Crippen LogP contribution is 2.24. The van der Waals surface area contributed by atoms with Crippen LogP contribution in [0, 0.1) is 5.92 Å². The molecule has 22 heavy (non-hydrogen) atoms. The van der Waals surface area contributed by atoms with Crippen molar-refractivity contribution in [2.24, 2.45) is 13.0 Å². The van der Waals surface area contributed by atoms with Crippen LogP contribution >= 0.6 is 0 Å². The lowest BCUT2D eigenvalue weighted by molar-refractivity contribution is -0.00622. The molecule has 1 aromatic heterocycles. The summed E-state index contributed by atoms with van der Waals surface area (Å²) in [7, 11) is 1.92. The van der Waals surface area contributed by atoms with Gasteiger partial charge in [0.25, 0.3) is 0 Å². The maximum Gasteiger partial charge on any atom is 0.410 e. The minimum absolute atomic E-state index is 0.212. The van der Waals surface area contributed by atoms with Gasteiger partial charge in [-0.2, -0.15) is 5.10 Å². The van der Waals surface area contributed by atoms with E-state index in [0.29, 0.717) is 12.0 Å². The highest BCUT2D eigenvalue weighted by Gasteiger charge is 2.36. The van der Waals surface area contributed by atoms with E-state index >= 15 is 0 Å². The molecule has 6 nitrogen and oxygen atoms in total. The normalized spacial score (nSPS) is 18.7. The molecule has 0 saturated carbocycles. The molecule has 0 radical (unpaired) electrons. The monoisotopic (exact) mass is 308 g/mol. The Bertz CT molecular complexity index is 514. The Labute approximate surface area is 132 Å². The van der Waals surface area contributed by atoms with Gasteiger partial charge in [-0.3, -0.25) is 4.68 Å². The molecular weight excluding hydrogens is 280 g/mol. The third-order valence-electron chi connectivity index (χ3n) is 4.01. The van der Waals surface area contributed by atoms with Crippen LogP contribution < -0.4 is 5.32 Å². The van der Waals surface area contributed by atoms with E-state index in [0.717, 1.165) is 13.1 Å². The van der Waals surface area contributed by atoms with Crippen molar-refractivity contribution in [1.82, 2.24) is 20.0 Å². The van der Waals surface area contributed by atoms with Gasteiger partial charge in [0.2, 0.25) is 0 Å². The number of likely N-dealkylation sites (tertiary alicyclic amines) is 1. The maximum absolute atomic E-state index is 11.9. The standard InChI is InChI=1S/C16H28N4O2/c1-11(13-7-17-19(6)8-13)18-12(2)14-9-20(10-14)15(21)22-16(3,4)5/h7-8,11-12,14,18H,9-10H2,1-6H3/t11-,12+/m0/s1. The fourth-order valence-electron chi connectivity index (χ4n) is 2.59. The second-order valence-corrected chi connectivity index (χ2v) is 7.27. The largest absolute Gasteiger partial charge is 0.444 e. The van der Waals surface area contributed by atoms with E-state index in [1.165, 1.54) is 5.56 Å².